The number of nitrogens with zero attached hydrogens (tertiary/aromatic N) is 4. The number of piperazine rings is 1. The molecule has 5 nitrogen and oxygen atoms in total. The molecule has 0 aromatic carbocycles. The molecule has 1 aromatic rings. The van der Waals surface area contributed by atoms with Crippen molar-refractivity contribution < 1.29 is 4.79 Å². The maximum atomic E-state index is 11.5. The quantitative estimate of drug-likeness (QED) is 0.702. The van der Waals surface area contributed by atoms with Crippen LogP contribution in [0.25, 0.3) is 0 Å². The van der Waals surface area contributed by atoms with E-state index in [0.717, 1.165) is 22.5 Å². The monoisotopic (exact) mass is 318 g/mol. The number of rotatable bonds is 1. The fourth-order valence-electron chi connectivity index (χ4n) is 1.48. The van der Waals surface area contributed by atoms with Crippen LogP contribution < -0.4 is 4.90 Å². The minimum absolute atomic E-state index is 0.135. The van der Waals surface area contributed by atoms with Gasteiger partial charge >= 0.3 is 0 Å². The Balaban J connectivity index is 2.19. The highest BCUT2D eigenvalue weighted by molar-refractivity contribution is 14.1. The van der Waals surface area contributed by atoms with Gasteiger partial charge in [0.15, 0.2) is 0 Å². The van der Waals surface area contributed by atoms with Gasteiger partial charge in [-0.15, -0.1) is 0 Å². The SMILES string of the molecule is CN1CCN(c2ncncc2I)CC1=O. The van der Waals surface area contributed by atoms with Crippen molar-refractivity contribution in [3.05, 3.63) is 16.1 Å². The van der Waals surface area contributed by atoms with Crippen molar-refractivity contribution in [3.63, 3.8) is 0 Å². The second kappa shape index (κ2) is 4.30. The van der Waals surface area contributed by atoms with Crippen LogP contribution in [0.1, 0.15) is 0 Å². The first-order valence-corrected chi connectivity index (χ1v) is 5.71. The van der Waals surface area contributed by atoms with Gasteiger partial charge in [0.05, 0.1) is 10.1 Å². The molecule has 0 radical (unpaired) electrons. The summed E-state index contributed by atoms with van der Waals surface area (Å²) in [6.07, 6.45) is 3.27. The summed E-state index contributed by atoms with van der Waals surface area (Å²) in [5, 5.41) is 0. The summed E-state index contributed by atoms with van der Waals surface area (Å²) in [5.41, 5.74) is 0. The van der Waals surface area contributed by atoms with E-state index >= 15 is 0 Å². The Morgan fingerprint density at radius 2 is 2.27 bits per heavy atom. The Kier molecular flexibility index (Phi) is 3.03. The van der Waals surface area contributed by atoms with Gasteiger partial charge in [-0.05, 0) is 22.6 Å². The van der Waals surface area contributed by atoms with E-state index in [0.29, 0.717) is 6.54 Å². The maximum absolute atomic E-state index is 11.5. The Labute approximate surface area is 102 Å². The van der Waals surface area contributed by atoms with Crippen LogP contribution in [0.4, 0.5) is 5.82 Å². The largest absolute Gasteiger partial charge is 0.345 e. The van der Waals surface area contributed by atoms with Crippen LogP contribution in [0.15, 0.2) is 12.5 Å². The summed E-state index contributed by atoms with van der Waals surface area (Å²) in [6.45, 7) is 1.98. The lowest BCUT2D eigenvalue weighted by Gasteiger charge is -2.32. The van der Waals surface area contributed by atoms with Gasteiger partial charge in [-0.3, -0.25) is 4.79 Å². The first-order valence-electron chi connectivity index (χ1n) is 4.63. The van der Waals surface area contributed by atoms with Crippen molar-refractivity contribution in [1.29, 1.82) is 0 Å². The van der Waals surface area contributed by atoms with Gasteiger partial charge in [0.1, 0.15) is 12.1 Å². The van der Waals surface area contributed by atoms with E-state index in [1.807, 2.05) is 11.9 Å². The lowest BCUT2D eigenvalue weighted by atomic mass is 10.3. The normalized spacial score (nSPS) is 17.1. The Morgan fingerprint density at radius 1 is 1.47 bits per heavy atom. The number of hydrogen-bond acceptors (Lipinski definition) is 4. The van der Waals surface area contributed by atoms with E-state index in [4.69, 9.17) is 0 Å². The fraction of sp³-hybridized carbons (Fsp3) is 0.444. The minimum Gasteiger partial charge on any atom is -0.345 e. The van der Waals surface area contributed by atoms with Crippen LogP contribution in [0.2, 0.25) is 0 Å². The molecule has 1 aliphatic heterocycles. The first kappa shape index (κ1) is 10.6. The van der Waals surface area contributed by atoms with Gasteiger partial charge in [-0.2, -0.15) is 0 Å². The molecular formula is C9H11IN4O. The zero-order valence-corrected chi connectivity index (χ0v) is 10.5. The van der Waals surface area contributed by atoms with Crippen molar-refractivity contribution in [2.45, 2.75) is 0 Å². The molecule has 15 heavy (non-hydrogen) atoms. The predicted octanol–water partition coefficient (Wildman–Crippen LogP) is 0.360. The molecular weight excluding hydrogens is 307 g/mol. The number of carbonyl (C=O) groups excluding carboxylic acids is 1. The smallest absolute Gasteiger partial charge is 0.241 e. The predicted molar refractivity (Wildman–Crippen MR) is 64.6 cm³/mol. The molecule has 2 heterocycles. The van der Waals surface area contributed by atoms with Gasteiger partial charge < -0.3 is 9.80 Å². The summed E-state index contributed by atoms with van der Waals surface area (Å²) in [7, 11) is 1.82. The Morgan fingerprint density at radius 3 is 2.93 bits per heavy atom. The number of carbonyl (C=O) groups is 1. The Bertz CT molecular complexity index is 384. The Hall–Kier alpha value is -0.920. The minimum atomic E-state index is 0.135. The molecule has 1 aromatic heterocycles. The number of hydrogen-bond donors (Lipinski definition) is 0. The second-order valence-electron chi connectivity index (χ2n) is 3.43. The molecule has 0 N–H and O–H groups in total. The molecule has 0 aliphatic carbocycles. The van der Waals surface area contributed by atoms with Crippen LogP contribution in [0.3, 0.4) is 0 Å². The van der Waals surface area contributed by atoms with E-state index in [1.54, 1.807) is 11.1 Å². The van der Waals surface area contributed by atoms with Crippen LogP contribution >= 0.6 is 22.6 Å². The third-order valence-electron chi connectivity index (χ3n) is 2.40. The zero-order valence-electron chi connectivity index (χ0n) is 8.35. The van der Waals surface area contributed by atoms with Crippen molar-refractivity contribution in [2.75, 3.05) is 31.6 Å². The van der Waals surface area contributed by atoms with E-state index < -0.39 is 0 Å². The standard InChI is InChI=1S/C9H11IN4O/c1-13-2-3-14(5-8(13)15)9-7(10)4-11-6-12-9/h4,6H,2-3,5H2,1H3. The zero-order chi connectivity index (χ0) is 10.8. The third kappa shape index (κ3) is 2.19. The summed E-state index contributed by atoms with van der Waals surface area (Å²) < 4.78 is 0.979. The molecule has 0 saturated carbocycles. The summed E-state index contributed by atoms with van der Waals surface area (Å²) >= 11 is 2.18. The summed E-state index contributed by atoms with van der Waals surface area (Å²) in [5.74, 6) is 0.989. The van der Waals surface area contributed by atoms with Crippen LogP contribution in [-0.2, 0) is 4.79 Å². The van der Waals surface area contributed by atoms with E-state index in [1.165, 1.54) is 6.33 Å². The molecule has 0 atom stereocenters. The maximum Gasteiger partial charge on any atom is 0.241 e. The molecule has 1 amide bonds. The number of likely N-dealkylation sites (N-methyl/N-ethyl adjacent to an activating group) is 1. The highest BCUT2D eigenvalue weighted by Crippen LogP contribution is 2.19. The highest BCUT2D eigenvalue weighted by atomic mass is 127. The van der Waals surface area contributed by atoms with Crippen molar-refractivity contribution >= 4 is 34.3 Å². The van der Waals surface area contributed by atoms with E-state index in [9.17, 15) is 4.79 Å². The van der Waals surface area contributed by atoms with Gasteiger partial charge in [0, 0.05) is 26.3 Å². The number of halogens is 1. The topological polar surface area (TPSA) is 49.3 Å². The van der Waals surface area contributed by atoms with Crippen LogP contribution in [0, 0.1) is 3.57 Å². The molecule has 1 saturated heterocycles. The number of anilines is 1. The summed E-state index contributed by atoms with van der Waals surface area (Å²) in [4.78, 5) is 23.4. The van der Waals surface area contributed by atoms with E-state index in [-0.39, 0.29) is 5.91 Å². The lowest BCUT2D eigenvalue weighted by molar-refractivity contribution is -0.129. The van der Waals surface area contributed by atoms with Gasteiger partial charge in [0.2, 0.25) is 5.91 Å². The van der Waals surface area contributed by atoms with E-state index in [2.05, 4.69) is 32.6 Å². The molecule has 6 heteroatoms. The average Bonchev–Trinajstić information content (AvgIpc) is 2.23. The van der Waals surface area contributed by atoms with Gasteiger partial charge in [-0.1, -0.05) is 0 Å². The summed E-state index contributed by atoms with van der Waals surface area (Å²) in [6, 6.07) is 0. The number of aromatic nitrogens is 2. The van der Waals surface area contributed by atoms with Crippen molar-refractivity contribution in [2.24, 2.45) is 0 Å². The molecule has 2 rings (SSSR count). The molecule has 0 spiro atoms. The molecule has 0 bridgehead atoms. The lowest BCUT2D eigenvalue weighted by Crippen LogP contribution is -2.49. The van der Waals surface area contributed by atoms with Crippen molar-refractivity contribution in [1.82, 2.24) is 14.9 Å². The molecule has 1 fully saturated rings. The second-order valence-corrected chi connectivity index (χ2v) is 4.59. The number of amides is 1. The molecule has 0 unspecified atom stereocenters. The first-order chi connectivity index (χ1) is 7.18. The average molecular weight is 318 g/mol. The molecule has 1 aliphatic rings. The highest BCUT2D eigenvalue weighted by Gasteiger charge is 2.23. The van der Waals surface area contributed by atoms with Crippen LogP contribution in [-0.4, -0.2) is 47.5 Å². The van der Waals surface area contributed by atoms with Gasteiger partial charge in [0.25, 0.3) is 0 Å². The third-order valence-corrected chi connectivity index (χ3v) is 3.17. The fourth-order valence-corrected chi connectivity index (χ4v) is 2.12. The van der Waals surface area contributed by atoms with Crippen molar-refractivity contribution in [3.8, 4) is 0 Å². The van der Waals surface area contributed by atoms with Gasteiger partial charge in [-0.25, -0.2) is 9.97 Å². The van der Waals surface area contributed by atoms with Crippen LogP contribution in [0.5, 0.6) is 0 Å². The molecule has 80 valence electrons.